The lowest BCUT2D eigenvalue weighted by Crippen LogP contribution is -2.15. The smallest absolute Gasteiger partial charge is 0.238 e. The minimum Gasteiger partial charge on any atom is -0.507 e. The number of rotatable bonds is 7. The van der Waals surface area contributed by atoms with Gasteiger partial charge in [0, 0.05) is 35.2 Å². The Morgan fingerprint density at radius 2 is 1.58 bits per heavy atom. The average Bonchev–Trinajstić information content (AvgIpc) is 2.99. The number of aromatic hydroxyl groups is 1. The molecule has 0 aliphatic heterocycles. The first kappa shape index (κ1) is 20.5. The molecule has 0 aliphatic carbocycles. The summed E-state index contributed by atoms with van der Waals surface area (Å²) in [5.74, 6) is -0.134. The maximum absolute atomic E-state index is 12.8. The highest BCUT2D eigenvalue weighted by Crippen LogP contribution is 2.29. The third-order valence-corrected chi connectivity index (χ3v) is 5.60. The Balaban J connectivity index is 2.49. The van der Waals surface area contributed by atoms with Crippen LogP contribution in [0, 0.1) is 0 Å². The van der Waals surface area contributed by atoms with Crippen LogP contribution in [0.5, 0.6) is 5.75 Å². The number of primary sulfonamides is 1. The van der Waals surface area contributed by atoms with E-state index in [4.69, 9.17) is 5.14 Å². The van der Waals surface area contributed by atoms with Crippen LogP contribution in [0.1, 0.15) is 26.4 Å². The molecule has 142 valence electrons. The Bertz CT molecular complexity index is 887. The van der Waals surface area contributed by atoms with Gasteiger partial charge in [-0.15, -0.1) is 11.3 Å². The lowest BCUT2D eigenvalue weighted by Gasteiger charge is -2.18. The van der Waals surface area contributed by atoms with E-state index in [9.17, 15) is 18.3 Å². The summed E-state index contributed by atoms with van der Waals surface area (Å²) in [4.78, 5) is 16.8. The van der Waals surface area contributed by atoms with E-state index in [0.717, 1.165) is 11.3 Å². The van der Waals surface area contributed by atoms with Crippen LogP contribution in [0.3, 0.4) is 0 Å². The van der Waals surface area contributed by atoms with Gasteiger partial charge < -0.3 is 14.9 Å². The molecule has 0 spiro atoms. The largest absolute Gasteiger partial charge is 0.507 e. The van der Waals surface area contributed by atoms with Crippen molar-refractivity contribution in [2.75, 3.05) is 28.2 Å². The number of ketones is 1. The number of benzene rings is 1. The van der Waals surface area contributed by atoms with E-state index in [2.05, 4.69) is 0 Å². The zero-order valence-corrected chi connectivity index (χ0v) is 16.8. The van der Waals surface area contributed by atoms with Gasteiger partial charge in [-0.05, 0) is 46.4 Å². The minimum absolute atomic E-state index is 0.0772. The zero-order valence-electron chi connectivity index (χ0n) is 15.2. The number of phenols is 1. The van der Waals surface area contributed by atoms with Crippen LogP contribution in [0.25, 0.3) is 0 Å². The van der Waals surface area contributed by atoms with Crippen LogP contribution in [0.4, 0.5) is 0 Å². The third kappa shape index (κ3) is 4.89. The molecule has 0 atom stereocenters. The number of nitrogens with zero attached hydrogens (tertiary/aromatic N) is 2. The molecule has 26 heavy (non-hydrogen) atoms. The lowest BCUT2D eigenvalue weighted by molar-refractivity contribution is 0.104. The molecule has 7 nitrogen and oxygen atoms in total. The van der Waals surface area contributed by atoms with Gasteiger partial charge in [-0.2, -0.15) is 0 Å². The van der Waals surface area contributed by atoms with E-state index in [1.807, 2.05) is 38.0 Å². The Hall–Kier alpha value is -1.78. The van der Waals surface area contributed by atoms with Crippen LogP contribution >= 0.6 is 11.3 Å². The number of carbonyl (C=O) groups is 1. The van der Waals surface area contributed by atoms with Crippen LogP contribution in [0.2, 0.25) is 0 Å². The van der Waals surface area contributed by atoms with Crippen LogP contribution in [-0.4, -0.2) is 57.3 Å². The molecule has 0 fully saturated rings. The summed E-state index contributed by atoms with van der Waals surface area (Å²) < 4.78 is 22.9. The van der Waals surface area contributed by atoms with Crippen molar-refractivity contribution in [3.8, 4) is 5.75 Å². The maximum Gasteiger partial charge on any atom is 0.238 e. The van der Waals surface area contributed by atoms with Gasteiger partial charge in [0.05, 0.1) is 9.77 Å². The topological polar surface area (TPSA) is 104 Å². The van der Waals surface area contributed by atoms with Crippen molar-refractivity contribution in [1.82, 2.24) is 9.80 Å². The van der Waals surface area contributed by atoms with Gasteiger partial charge in [-0.25, -0.2) is 13.6 Å². The van der Waals surface area contributed by atoms with Gasteiger partial charge in [0.2, 0.25) is 15.8 Å². The second kappa shape index (κ2) is 7.85. The van der Waals surface area contributed by atoms with Crippen molar-refractivity contribution < 1.29 is 18.3 Å². The Morgan fingerprint density at radius 3 is 1.96 bits per heavy atom. The van der Waals surface area contributed by atoms with Crippen molar-refractivity contribution in [3.05, 3.63) is 45.1 Å². The van der Waals surface area contributed by atoms with Crippen molar-refractivity contribution in [3.63, 3.8) is 0 Å². The fourth-order valence-corrected chi connectivity index (χ4v) is 4.31. The second-order valence-electron chi connectivity index (χ2n) is 6.64. The van der Waals surface area contributed by atoms with Gasteiger partial charge >= 0.3 is 0 Å². The fourth-order valence-electron chi connectivity index (χ4n) is 2.54. The molecule has 0 saturated heterocycles. The molecule has 2 aromatic rings. The molecular weight excluding hydrogens is 374 g/mol. The Kier molecular flexibility index (Phi) is 6.20. The zero-order chi connectivity index (χ0) is 19.6. The number of hydrogen-bond acceptors (Lipinski definition) is 7. The summed E-state index contributed by atoms with van der Waals surface area (Å²) in [5, 5.41) is 17.0. The van der Waals surface area contributed by atoms with Gasteiger partial charge in [0.1, 0.15) is 5.75 Å². The number of thiophene rings is 1. The summed E-state index contributed by atoms with van der Waals surface area (Å²) in [7, 11) is 3.64. The maximum atomic E-state index is 12.8. The van der Waals surface area contributed by atoms with Crippen molar-refractivity contribution in [2.24, 2.45) is 5.14 Å². The Morgan fingerprint density at radius 1 is 1.08 bits per heavy atom. The number of carbonyl (C=O) groups excluding carboxylic acids is 1. The molecule has 9 heteroatoms. The number of hydrogen-bond donors (Lipinski definition) is 2. The molecule has 0 radical (unpaired) electrons. The summed E-state index contributed by atoms with van der Waals surface area (Å²) >= 11 is 1.03. The highest BCUT2D eigenvalue weighted by atomic mass is 32.2. The number of nitrogens with two attached hydrogens (primary N) is 1. The quantitative estimate of drug-likeness (QED) is 0.686. The van der Waals surface area contributed by atoms with Crippen LogP contribution < -0.4 is 5.14 Å². The molecular formula is C17H23N3O4S2. The summed E-state index contributed by atoms with van der Waals surface area (Å²) in [5.41, 5.74) is 1.68. The summed E-state index contributed by atoms with van der Waals surface area (Å²) in [6.45, 7) is 0.945. The molecule has 0 aliphatic rings. The highest BCUT2D eigenvalue weighted by molar-refractivity contribution is 7.89. The van der Waals surface area contributed by atoms with Crippen LogP contribution in [-0.2, 0) is 23.1 Å². The predicted molar refractivity (Wildman–Crippen MR) is 102 cm³/mol. The van der Waals surface area contributed by atoms with E-state index < -0.39 is 10.0 Å². The van der Waals surface area contributed by atoms with E-state index >= 15 is 0 Å². The Labute approximate surface area is 157 Å². The molecule has 2 rings (SSSR count). The average molecular weight is 398 g/mol. The van der Waals surface area contributed by atoms with E-state index in [1.165, 1.54) is 11.4 Å². The first-order valence-electron chi connectivity index (χ1n) is 7.79. The molecule has 1 aromatic carbocycles. The summed E-state index contributed by atoms with van der Waals surface area (Å²) in [6.07, 6.45) is 0. The first-order chi connectivity index (χ1) is 12.0. The first-order valence-corrected chi connectivity index (χ1v) is 10.2. The van der Waals surface area contributed by atoms with Gasteiger partial charge in [-0.3, -0.25) is 4.79 Å². The standard InChI is InChI=1S/C17H23N3O4S2/c1-19(2)8-12-5-11(6-13(16(12)21)9-20(3)4)17(22)15-7-14(10-25-15)26(18,23)24/h5-7,10,21H,8-9H2,1-4H3,(H2,18,23,24). The fraction of sp³-hybridized carbons (Fsp3) is 0.353. The lowest BCUT2D eigenvalue weighted by atomic mass is 10.00. The molecule has 0 amide bonds. The van der Waals surface area contributed by atoms with Crippen molar-refractivity contribution in [2.45, 2.75) is 18.0 Å². The molecule has 3 N–H and O–H groups in total. The SMILES string of the molecule is CN(C)Cc1cc(C(=O)c2cc(S(N)(=O)=O)cs2)cc(CN(C)C)c1O. The number of sulfonamides is 1. The van der Waals surface area contributed by atoms with E-state index in [-0.39, 0.29) is 21.3 Å². The van der Waals surface area contributed by atoms with E-state index in [1.54, 1.807) is 12.1 Å². The van der Waals surface area contributed by atoms with E-state index in [0.29, 0.717) is 29.8 Å². The monoisotopic (exact) mass is 397 g/mol. The minimum atomic E-state index is -3.85. The molecule has 0 saturated carbocycles. The highest BCUT2D eigenvalue weighted by Gasteiger charge is 2.20. The van der Waals surface area contributed by atoms with Crippen molar-refractivity contribution >= 4 is 27.1 Å². The number of phenolic OH excluding ortho intramolecular Hbond substituents is 1. The van der Waals surface area contributed by atoms with Gasteiger partial charge in [0.15, 0.2) is 0 Å². The van der Waals surface area contributed by atoms with Crippen molar-refractivity contribution in [1.29, 1.82) is 0 Å². The molecule has 0 unspecified atom stereocenters. The van der Waals surface area contributed by atoms with Crippen LogP contribution in [0.15, 0.2) is 28.5 Å². The third-order valence-electron chi connectivity index (χ3n) is 3.63. The normalized spacial score (nSPS) is 12.1. The van der Waals surface area contributed by atoms with Gasteiger partial charge in [-0.1, -0.05) is 0 Å². The van der Waals surface area contributed by atoms with Gasteiger partial charge in [0.25, 0.3) is 0 Å². The predicted octanol–water partition coefficient (Wildman–Crippen LogP) is 1.46. The molecule has 1 aromatic heterocycles. The molecule has 1 heterocycles. The molecule has 0 bridgehead atoms. The summed E-state index contributed by atoms with van der Waals surface area (Å²) in [6, 6.07) is 4.58. The second-order valence-corrected chi connectivity index (χ2v) is 9.11.